The van der Waals surface area contributed by atoms with Crippen molar-refractivity contribution in [2.75, 3.05) is 0 Å². The van der Waals surface area contributed by atoms with Gasteiger partial charge >= 0.3 is 12.0 Å². The Hall–Kier alpha value is -2.43. The predicted molar refractivity (Wildman–Crippen MR) is 65.0 cm³/mol. The van der Waals surface area contributed by atoms with Gasteiger partial charge in [-0.1, -0.05) is 6.07 Å². The lowest BCUT2D eigenvalue weighted by molar-refractivity contribution is 0.0695. The predicted octanol–water partition coefficient (Wildman–Crippen LogP) is 2.58. The summed E-state index contributed by atoms with van der Waals surface area (Å²) < 4.78 is 5.50. The van der Waals surface area contributed by atoms with Crippen molar-refractivity contribution >= 4 is 5.97 Å². The number of carbonyl (C=O) groups is 1. The van der Waals surface area contributed by atoms with Gasteiger partial charge in [0.05, 0.1) is 5.56 Å². The first-order chi connectivity index (χ1) is 8.58. The van der Waals surface area contributed by atoms with Crippen molar-refractivity contribution in [3.63, 3.8) is 0 Å². The molecule has 5 heteroatoms. The lowest BCUT2D eigenvalue weighted by atomic mass is 10.1. The maximum atomic E-state index is 11.0. The summed E-state index contributed by atoms with van der Waals surface area (Å²) in [6.45, 7) is 3.52. The summed E-state index contributed by atoms with van der Waals surface area (Å²) >= 11 is 0. The second-order valence-electron chi connectivity index (χ2n) is 3.82. The Balaban J connectivity index is 2.35. The average Bonchev–Trinajstić information content (AvgIpc) is 2.31. The highest BCUT2D eigenvalue weighted by molar-refractivity contribution is 5.90. The Morgan fingerprint density at radius 1 is 1.28 bits per heavy atom. The Bertz CT molecular complexity index is 597. The number of aryl methyl sites for hydroxylation is 1. The van der Waals surface area contributed by atoms with Gasteiger partial charge < -0.3 is 9.84 Å². The summed E-state index contributed by atoms with van der Waals surface area (Å²) in [6.07, 6.45) is 1.59. The van der Waals surface area contributed by atoms with E-state index in [0.717, 1.165) is 5.69 Å². The van der Waals surface area contributed by atoms with Crippen LogP contribution in [-0.2, 0) is 0 Å². The van der Waals surface area contributed by atoms with Gasteiger partial charge in [0.1, 0.15) is 5.75 Å². The zero-order valence-corrected chi connectivity index (χ0v) is 10.0. The number of carboxylic acid groups (broad SMARTS) is 1. The summed E-state index contributed by atoms with van der Waals surface area (Å²) in [7, 11) is 0. The maximum Gasteiger partial charge on any atom is 0.336 e. The van der Waals surface area contributed by atoms with Gasteiger partial charge in [0.2, 0.25) is 0 Å². The van der Waals surface area contributed by atoms with Gasteiger partial charge in [-0.15, -0.1) is 0 Å². The van der Waals surface area contributed by atoms with E-state index >= 15 is 0 Å². The summed E-state index contributed by atoms with van der Waals surface area (Å²) in [5.41, 5.74) is 1.54. The number of nitrogens with zero attached hydrogens (tertiary/aromatic N) is 2. The second kappa shape index (κ2) is 4.83. The fraction of sp³-hybridized carbons (Fsp3) is 0.154. The molecule has 0 aliphatic rings. The van der Waals surface area contributed by atoms with Crippen molar-refractivity contribution in [3.05, 3.63) is 47.3 Å². The van der Waals surface area contributed by atoms with Crippen molar-refractivity contribution in [2.24, 2.45) is 0 Å². The molecular weight excluding hydrogens is 232 g/mol. The maximum absolute atomic E-state index is 11.0. The van der Waals surface area contributed by atoms with Crippen LogP contribution in [0, 0.1) is 13.8 Å². The number of hydrogen-bond donors (Lipinski definition) is 1. The normalized spacial score (nSPS) is 10.1. The third-order valence-corrected chi connectivity index (χ3v) is 2.49. The molecule has 0 amide bonds. The van der Waals surface area contributed by atoms with Crippen LogP contribution in [0.5, 0.6) is 11.8 Å². The van der Waals surface area contributed by atoms with Crippen LogP contribution < -0.4 is 4.74 Å². The van der Waals surface area contributed by atoms with E-state index in [1.165, 1.54) is 6.07 Å². The van der Waals surface area contributed by atoms with Crippen LogP contribution in [0.4, 0.5) is 0 Å². The molecule has 92 valence electrons. The third-order valence-electron chi connectivity index (χ3n) is 2.49. The molecule has 1 aromatic carbocycles. The molecule has 0 aliphatic carbocycles. The first kappa shape index (κ1) is 12.0. The standard InChI is InChI=1S/C13H12N2O3/c1-8-6-7-14-13(15-8)18-11-5-3-4-10(9(11)2)12(16)17/h3-7H,1-2H3,(H,16,17). The molecule has 0 radical (unpaired) electrons. The molecule has 0 spiro atoms. The third kappa shape index (κ3) is 2.45. The SMILES string of the molecule is Cc1ccnc(Oc2cccc(C(=O)O)c2C)n1. The number of hydrogen-bond acceptors (Lipinski definition) is 4. The zero-order valence-electron chi connectivity index (χ0n) is 10.0. The first-order valence-corrected chi connectivity index (χ1v) is 5.38. The van der Waals surface area contributed by atoms with E-state index in [4.69, 9.17) is 9.84 Å². The lowest BCUT2D eigenvalue weighted by Gasteiger charge is -2.09. The molecule has 1 heterocycles. The van der Waals surface area contributed by atoms with Gasteiger partial charge in [0.25, 0.3) is 0 Å². The fourth-order valence-corrected chi connectivity index (χ4v) is 1.53. The highest BCUT2D eigenvalue weighted by Gasteiger charge is 2.12. The van der Waals surface area contributed by atoms with Crippen LogP contribution in [0.15, 0.2) is 30.5 Å². The largest absolute Gasteiger partial charge is 0.478 e. The highest BCUT2D eigenvalue weighted by Crippen LogP contribution is 2.25. The lowest BCUT2D eigenvalue weighted by Crippen LogP contribution is -2.02. The van der Waals surface area contributed by atoms with Crippen LogP contribution >= 0.6 is 0 Å². The van der Waals surface area contributed by atoms with Gasteiger partial charge in [-0.25, -0.2) is 14.8 Å². The molecule has 1 aromatic heterocycles. The Morgan fingerprint density at radius 2 is 2.06 bits per heavy atom. The zero-order chi connectivity index (χ0) is 13.1. The van der Waals surface area contributed by atoms with Crippen molar-refractivity contribution in [1.29, 1.82) is 0 Å². The van der Waals surface area contributed by atoms with Crippen LogP contribution in [0.25, 0.3) is 0 Å². The topological polar surface area (TPSA) is 72.3 Å². The smallest absolute Gasteiger partial charge is 0.336 e. The summed E-state index contributed by atoms with van der Waals surface area (Å²) in [4.78, 5) is 19.1. The quantitative estimate of drug-likeness (QED) is 0.898. The minimum Gasteiger partial charge on any atom is -0.478 e. The molecule has 0 bridgehead atoms. The molecule has 0 aliphatic heterocycles. The van der Waals surface area contributed by atoms with Crippen LogP contribution in [0.3, 0.4) is 0 Å². The van der Waals surface area contributed by atoms with E-state index in [0.29, 0.717) is 11.3 Å². The molecule has 0 fully saturated rings. The van der Waals surface area contributed by atoms with E-state index in [9.17, 15) is 4.79 Å². The van der Waals surface area contributed by atoms with E-state index in [2.05, 4.69) is 9.97 Å². The Morgan fingerprint density at radius 3 is 2.72 bits per heavy atom. The number of benzene rings is 1. The molecule has 18 heavy (non-hydrogen) atoms. The highest BCUT2D eigenvalue weighted by atomic mass is 16.5. The first-order valence-electron chi connectivity index (χ1n) is 5.38. The van der Waals surface area contributed by atoms with Crippen molar-refractivity contribution in [3.8, 4) is 11.8 Å². The van der Waals surface area contributed by atoms with Crippen molar-refractivity contribution < 1.29 is 14.6 Å². The van der Waals surface area contributed by atoms with Crippen LogP contribution in [0.1, 0.15) is 21.6 Å². The summed E-state index contributed by atoms with van der Waals surface area (Å²) in [5.74, 6) is -0.538. The number of aromatic carboxylic acids is 1. The van der Waals surface area contributed by atoms with E-state index in [1.807, 2.05) is 6.92 Å². The number of carboxylic acids is 1. The minimum atomic E-state index is -0.983. The average molecular weight is 244 g/mol. The molecule has 0 saturated carbocycles. The van der Waals surface area contributed by atoms with E-state index < -0.39 is 5.97 Å². The number of ether oxygens (including phenoxy) is 1. The van der Waals surface area contributed by atoms with Crippen molar-refractivity contribution in [1.82, 2.24) is 9.97 Å². The van der Waals surface area contributed by atoms with Gasteiger partial charge in [0, 0.05) is 17.5 Å². The Labute approximate surface area is 104 Å². The van der Waals surface area contributed by atoms with Gasteiger partial charge in [-0.2, -0.15) is 0 Å². The Kier molecular flexibility index (Phi) is 3.23. The minimum absolute atomic E-state index is 0.208. The van der Waals surface area contributed by atoms with Crippen LogP contribution in [0.2, 0.25) is 0 Å². The number of rotatable bonds is 3. The molecule has 2 rings (SSSR count). The number of aromatic nitrogens is 2. The molecular formula is C13H12N2O3. The van der Waals surface area contributed by atoms with E-state index in [-0.39, 0.29) is 11.6 Å². The molecule has 5 nitrogen and oxygen atoms in total. The molecule has 2 aromatic rings. The molecule has 0 unspecified atom stereocenters. The molecule has 0 atom stereocenters. The summed E-state index contributed by atoms with van der Waals surface area (Å²) in [6, 6.07) is 6.81. The van der Waals surface area contributed by atoms with Gasteiger partial charge in [0.15, 0.2) is 0 Å². The van der Waals surface area contributed by atoms with Crippen molar-refractivity contribution in [2.45, 2.75) is 13.8 Å². The van der Waals surface area contributed by atoms with E-state index in [1.54, 1.807) is 31.3 Å². The molecule has 1 N–H and O–H groups in total. The summed E-state index contributed by atoms with van der Waals surface area (Å²) in [5, 5.41) is 9.01. The van der Waals surface area contributed by atoms with Gasteiger partial charge in [-0.3, -0.25) is 0 Å². The fourth-order valence-electron chi connectivity index (χ4n) is 1.53. The van der Waals surface area contributed by atoms with Crippen LogP contribution in [-0.4, -0.2) is 21.0 Å². The van der Waals surface area contributed by atoms with Gasteiger partial charge in [-0.05, 0) is 32.0 Å². The monoisotopic (exact) mass is 244 g/mol. The second-order valence-corrected chi connectivity index (χ2v) is 3.82. The molecule has 0 saturated heterocycles.